The van der Waals surface area contributed by atoms with Crippen LogP contribution in [0.15, 0.2) is 24.3 Å². The van der Waals surface area contributed by atoms with Gasteiger partial charge < -0.3 is 11.1 Å². The average molecular weight is 222 g/mol. The number of rotatable bonds is 3. The van der Waals surface area contributed by atoms with E-state index in [-0.39, 0.29) is 11.9 Å². The van der Waals surface area contributed by atoms with Crippen LogP contribution in [-0.2, 0) is 0 Å². The van der Waals surface area contributed by atoms with Crippen LogP contribution >= 0.6 is 0 Å². The first-order chi connectivity index (χ1) is 7.66. The third-order valence-electron chi connectivity index (χ3n) is 3.33. The lowest BCUT2D eigenvalue weighted by molar-refractivity contribution is 0.443. The van der Waals surface area contributed by atoms with Crippen LogP contribution in [0.4, 0.5) is 4.39 Å². The molecule has 0 radical (unpaired) electrons. The quantitative estimate of drug-likeness (QED) is 0.824. The Morgan fingerprint density at radius 3 is 2.75 bits per heavy atom. The maximum absolute atomic E-state index is 13.5. The molecule has 3 N–H and O–H groups in total. The molecule has 3 heteroatoms. The minimum atomic E-state index is -0.134. The molecule has 0 bridgehead atoms. The van der Waals surface area contributed by atoms with Crippen molar-refractivity contribution in [2.45, 2.75) is 44.3 Å². The lowest BCUT2D eigenvalue weighted by atomic mass is 10.1. The molecule has 0 heterocycles. The Morgan fingerprint density at radius 2 is 2.12 bits per heavy atom. The fraction of sp³-hybridized carbons (Fsp3) is 0.538. The lowest BCUT2D eigenvalue weighted by Gasteiger charge is -2.20. The number of nitrogens with two attached hydrogens (primary N) is 1. The predicted molar refractivity (Wildman–Crippen MR) is 63.6 cm³/mol. The zero-order valence-corrected chi connectivity index (χ0v) is 9.62. The third-order valence-corrected chi connectivity index (χ3v) is 3.33. The molecule has 0 aliphatic heterocycles. The first kappa shape index (κ1) is 11.6. The van der Waals surface area contributed by atoms with E-state index in [1.165, 1.54) is 6.07 Å². The van der Waals surface area contributed by atoms with Crippen molar-refractivity contribution >= 4 is 0 Å². The number of hydrogen-bond donors (Lipinski definition) is 2. The standard InChI is InChI=1S/C13H19FN2/c1-9(12-4-2-3-5-13(12)14)16-11-7-6-10(15)8-11/h2-5,9-11,16H,6-8,15H2,1H3/t9-,10?,11?/m1/s1. The van der Waals surface area contributed by atoms with Crippen LogP contribution in [0.25, 0.3) is 0 Å². The summed E-state index contributed by atoms with van der Waals surface area (Å²) in [4.78, 5) is 0. The van der Waals surface area contributed by atoms with Gasteiger partial charge in [0.1, 0.15) is 5.82 Å². The maximum atomic E-state index is 13.5. The van der Waals surface area contributed by atoms with Gasteiger partial charge in [-0.1, -0.05) is 18.2 Å². The monoisotopic (exact) mass is 222 g/mol. The largest absolute Gasteiger partial charge is 0.328 e. The first-order valence-corrected chi connectivity index (χ1v) is 5.93. The highest BCUT2D eigenvalue weighted by Gasteiger charge is 2.23. The zero-order chi connectivity index (χ0) is 11.5. The molecule has 1 aromatic carbocycles. The molecular formula is C13H19FN2. The molecule has 88 valence electrons. The molecule has 2 unspecified atom stereocenters. The van der Waals surface area contributed by atoms with E-state index in [1.807, 2.05) is 19.1 Å². The Morgan fingerprint density at radius 1 is 1.38 bits per heavy atom. The SMILES string of the molecule is C[C@@H](NC1CCC(N)C1)c1ccccc1F. The highest BCUT2D eigenvalue weighted by molar-refractivity contribution is 5.20. The van der Waals surface area contributed by atoms with Crippen molar-refractivity contribution in [1.29, 1.82) is 0 Å². The smallest absolute Gasteiger partial charge is 0.127 e. The van der Waals surface area contributed by atoms with Crippen LogP contribution in [0, 0.1) is 5.82 Å². The van der Waals surface area contributed by atoms with Gasteiger partial charge in [0, 0.05) is 23.7 Å². The molecular weight excluding hydrogens is 203 g/mol. The van der Waals surface area contributed by atoms with Gasteiger partial charge in [0.25, 0.3) is 0 Å². The summed E-state index contributed by atoms with van der Waals surface area (Å²) in [5, 5.41) is 3.45. The van der Waals surface area contributed by atoms with Crippen LogP contribution in [-0.4, -0.2) is 12.1 Å². The topological polar surface area (TPSA) is 38.0 Å². The highest BCUT2D eigenvalue weighted by atomic mass is 19.1. The first-order valence-electron chi connectivity index (χ1n) is 5.93. The average Bonchev–Trinajstić information content (AvgIpc) is 2.64. The Bertz CT molecular complexity index is 354. The number of hydrogen-bond acceptors (Lipinski definition) is 2. The maximum Gasteiger partial charge on any atom is 0.127 e. The number of nitrogens with one attached hydrogen (secondary N) is 1. The van der Waals surface area contributed by atoms with E-state index < -0.39 is 0 Å². The Hall–Kier alpha value is -0.930. The second-order valence-corrected chi connectivity index (χ2v) is 4.68. The summed E-state index contributed by atoms with van der Waals surface area (Å²) in [6.45, 7) is 2.00. The van der Waals surface area contributed by atoms with Crippen LogP contribution in [0.3, 0.4) is 0 Å². The van der Waals surface area contributed by atoms with Crippen LogP contribution < -0.4 is 11.1 Å². The van der Waals surface area contributed by atoms with Crippen molar-refractivity contribution in [3.05, 3.63) is 35.6 Å². The molecule has 1 aliphatic carbocycles. The summed E-state index contributed by atoms with van der Waals surface area (Å²) in [5.74, 6) is -0.134. The lowest BCUT2D eigenvalue weighted by Crippen LogP contribution is -2.31. The summed E-state index contributed by atoms with van der Waals surface area (Å²) < 4.78 is 13.5. The van der Waals surface area contributed by atoms with Gasteiger partial charge in [-0.05, 0) is 32.3 Å². The summed E-state index contributed by atoms with van der Waals surface area (Å²) in [5.41, 5.74) is 6.59. The fourth-order valence-corrected chi connectivity index (χ4v) is 2.44. The van der Waals surface area contributed by atoms with Crippen molar-refractivity contribution in [3.63, 3.8) is 0 Å². The predicted octanol–water partition coefficient (Wildman–Crippen LogP) is 2.36. The van der Waals surface area contributed by atoms with Crippen LogP contribution in [0.1, 0.15) is 37.8 Å². The highest BCUT2D eigenvalue weighted by Crippen LogP contribution is 2.22. The molecule has 1 aliphatic rings. The van der Waals surface area contributed by atoms with E-state index in [0.29, 0.717) is 12.1 Å². The summed E-state index contributed by atoms with van der Waals surface area (Å²) in [6.07, 6.45) is 3.17. The van der Waals surface area contributed by atoms with Crippen LogP contribution in [0.5, 0.6) is 0 Å². The van der Waals surface area contributed by atoms with Gasteiger partial charge in [0.2, 0.25) is 0 Å². The van der Waals surface area contributed by atoms with Crippen molar-refractivity contribution in [1.82, 2.24) is 5.32 Å². The second kappa shape index (κ2) is 4.93. The molecule has 2 nitrogen and oxygen atoms in total. The van der Waals surface area contributed by atoms with E-state index >= 15 is 0 Å². The van der Waals surface area contributed by atoms with Gasteiger partial charge in [-0.3, -0.25) is 0 Å². The zero-order valence-electron chi connectivity index (χ0n) is 9.62. The van der Waals surface area contributed by atoms with E-state index in [2.05, 4.69) is 5.32 Å². The van der Waals surface area contributed by atoms with E-state index in [9.17, 15) is 4.39 Å². The molecule has 16 heavy (non-hydrogen) atoms. The Balaban J connectivity index is 1.98. The second-order valence-electron chi connectivity index (χ2n) is 4.68. The third kappa shape index (κ3) is 2.60. The molecule has 1 aromatic rings. The normalized spacial score (nSPS) is 26.9. The van der Waals surface area contributed by atoms with E-state index in [1.54, 1.807) is 6.07 Å². The van der Waals surface area contributed by atoms with Gasteiger partial charge in [-0.15, -0.1) is 0 Å². The van der Waals surface area contributed by atoms with Crippen molar-refractivity contribution < 1.29 is 4.39 Å². The fourth-order valence-electron chi connectivity index (χ4n) is 2.44. The Kier molecular flexibility index (Phi) is 3.56. The van der Waals surface area contributed by atoms with Crippen LogP contribution in [0.2, 0.25) is 0 Å². The van der Waals surface area contributed by atoms with Crippen molar-refractivity contribution in [2.75, 3.05) is 0 Å². The Labute approximate surface area is 96.0 Å². The molecule has 1 fully saturated rings. The van der Waals surface area contributed by atoms with Gasteiger partial charge in [-0.2, -0.15) is 0 Å². The summed E-state index contributed by atoms with van der Waals surface area (Å²) in [6, 6.07) is 7.73. The van der Waals surface area contributed by atoms with Gasteiger partial charge >= 0.3 is 0 Å². The molecule has 0 saturated heterocycles. The molecule has 0 aromatic heterocycles. The summed E-state index contributed by atoms with van der Waals surface area (Å²) >= 11 is 0. The van der Waals surface area contributed by atoms with Gasteiger partial charge in [-0.25, -0.2) is 4.39 Å². The van der Waals surface area contributed by atoms with Crippen molar-refractivity contribution in [2.24, 2.45) is 5.73 Å². The molecule has 1 saturated carbocycles. The summed E-state index contributed by atoms with van der Waals surface area (Å²) in [7, 11) is 0. The number of benzene rings is 1. The van der Waals surface area contributed by atoms with Crippen molar-refractivity contribution in [3.8, 4) is 0 Å². The van der Waals surface area contributed by atoms with Gasteiger partial charge in [0.05, 0.1) is 0 Å². The number of halogens is 1. The van der Waals surface area contributed by atoms with Gasteiger partial charge in [0.15, 0.2) is 0 Å². The molecule has 3 atom stereocenters. The minimum absolute atomic E-state index is 0.0523. The molecule has 0 amide bonds. The van der Waals surface area contributed by atoms with E-state index in [4.69, 9.17) is 5.73 Å². The van der Waals surface area contributed by atoms with E-state index in [0.717, 1.165) is 24.8 Å². The molecule has 0 spiro atoms. The molecule has 2 rings (SSSR count). The minimum Gasteiger partial charge on any atom is -0.328 e.